The summed E-state index contributed by atoms with van der Waals surface area (Å²) in [5, 5.41) is 3.60. The molecule has 0 heterocycles. The number of benzene rings is 1. The van der Waals surface area contributed by atoms with Crippen LogP contribution in [0.15, 0.2) is 18.2 Å². The molecule has 1 nitrogen and oxygen atoms in total. The van der Waals surface area contributed by atoms with Crippen LogP contribution >= 0.6 is 0 Å². The second-order valence-corrected chi connectivity index (χ2v) is 5.88. The van der Waals surface area contributed by atoms with E-state index in [9.17, 15) is 0 Å². The van der Waals surface area contributed by atoms with Crippen LogP contribution in [0.3, 0.4) is 0 Å². The van der Waals surface area contributed by atoms with Gasteiger partial charge in [0.05, 0.1) is 0 Å². The van der Waals surface area contributed by atoms with Gasteiger partial charge >= 0.3 is 0 Å². The van der Waals surface area contributed by atoms with Crippen molar-refractivity contribution < 1.29 is 0 Å². The highest BCUT2D eigenvalue weighted by Gasteiger charge is 2.36. The molecule has 1 N–H and O–H groups in total. The molecule has 1 aromatic rings. The third kappa shape index (κ3) is 2.55. The fraction of sp³-hybridized carbons (Fsp3) is 0.625. The average Bonchev–Trinajstić information content (AvgIpc) is 2.66. The van der Waals surface area contributed by atoms with Gasteiger partial charge in [-0.15, -0.1) is 0 Å². The molecule has 0 aliphatic heterocycles. The van der Waals surface area contributed by atoms with Crippen molar-refractivity contribution in [3.8, 4) is 0 Å². The largest absolute Gasteiger partial charge is 0.314 e. The Labute approximate surface area is 106 Å². The molecule has 0 aromatic heterocycles. The molecule has 17 heavy (non-hydrogen) atoms. The van der Waals surface area contributed by atoms with E-state index in [4.69, 9.17) is 0 Å². The molecule has 0 amide bonds. The summed E-state index contributed by atoms with van der Waals surface area (Å²) in [7, 11) is 0. The zero-order valence-electron chi connectivity index (χ0n) is 11.6. The van der Waals surface area contributed by atoms with E-state index in [2.05, 4.69) is 51.2 Å². The molecule has 2 unspecified atom stereocenters. The monoisotopic (exact) mass is 231 g/mol. The Morgan fingerprint density at radius 3 is 2.82 bits per heavy atom. The van der Waals surface area contributed by atoms with Crippen molar-refractivity contribution in [2.75, 3.05) is 6.54 Å². The molecular weight excluding hydrogens is 206 g/mol. The molecule has 2 atom stereocenters. The van der Waals surface area contributed by atoms with Crippen molar-refractivity contribution in [2.45, 2.75) is 58.4 Å². The molecular formula is C16H25N. The summed E-state index contributed by atoms with van der Waals surface area (Å²) in [5.74, 6) is 0. The number of aryl methyl sites for hydroxylation is 2. The predicted octanol–water partition coefficient (Wildman–Crippen LogP) is 3.72. The SMILES string of the molecule is CCNC1CCC(C)(c2cc(C)ccc2C)C1. The first-order valence-electron chi connectivity index (χ1n) is 6.86. The molecule has 1 fully saturated rings. The second-order valence-electron chi connectivity index (χ2n) is 5.88. The zero-order chi connectivity index (χ0) is 12.5. The molecule has 1 aromatic carbocycles. The van der Waals surface area contributed by atoms with E-state index in [0.29, 0.717) is 11.5 Å². The topological polar surface area (TPSA) is 12.0 Å². The minimum absolute atomic E-state index is 0.378. The number of nitrogens with one attached hydrogen (secondary N) is 1. The lowest BCUT2D eigenvalue weighted by molar-refractivity contribution is 0.456. The van der Waals surface area contributed by atoms with Crippen LogP contribution in [-0.2, 0) is 5.41 Å². The fourth-order valence-electron chi connectivity index (χ4n) is 3.33. The summed E-state index contributed by atoms with van der Waals surface area (Å²) in [6.45, 7) is 10.2. The van der Waals surface area contributed by atoms with E-state index in [1.165, 1.54) is 30.4 Å². The van der Waals surface area contributed by atoms with E-state index >= 15 is 0 Å². The molecule has 1 aliphatic carbocycles. The van der Waals surface area contributed by atoms with Gasteiger partial charge in [0.25, 0.3) is 0 Å². The van der Waals surface area contributed by atoms with Gasteiger partial charge in [0.1, 0.15) is 0 Å². The quantitative estimate of drug-likeness (QED) is 0.836. The Bertz CT molecular complexity index is 397. The smallest absolute Gasteiger partial charge is 0.00756 e. The molecule has 0 bridgehead atoms. The van der Waals surface area contributed by atoms with E-state index in [0.717, 1.165) is 6.54 Å². The van der Waals surface area contributed by atoms with Gasteiger partial charge in [-0.25, -0.2) is 0 Å². The third-order valence-electron chi connectivity index (χ3n) is 4.28. The molecule has 0 spiro atoms. The van der Waals surface area contributed by atoms with Crippen molar-refractivity contribution in [1.29, 1.82) is 0 Å². The van der Waals surface area contributed by atoms with Crippen LogP contribution in [-0.4, -0.2) is 12.6 Å². The Kier molecular flexibility index (Phi) is 3.58. The van der Waals surface area contributed by atoms with E-state index in [1.54, 1.807) is 5.56 Å². The van der Waals surface area contributed by atoms with Gasteiger partial charge in [-0.3, -0.25) is 0 Å². The van der Waals surface area contributed by atoms with Crippen molar-refractivity contribution >= 4 is 0 Å². The third-order valence-corrected chi connectivity index (χ3v) is 4.28. The van der Waals surface area contributed by atoms with Gasteiger partial charge in [0.15, 0.2) is 0 Å². The average molecular weight is 231 g/mol. The zero-order valence-corrected chi connectivity index (χ0v) is 11.6. The summed E-state index contributed by atoms with van der Waals surface area (Å²) in [6, 6.07) is 7.60. The highest BCUT2D eigenvalue weighted by atomic mass is 14.9. The molecule has 0 saturated heterocycles. The maximum atomic E-state index is 3.60. The lowest BCUT2D eigenvalue weighted by atomic mass is 9.78. The standard InChI is InChI=1S/C16H25N/c1-5-17-14-8-9-16(4,11-14)15-10-12(2)6-7-13(15)3/h6-7,10,14,17H,5,8-9,11H2,1-4H3. The minimum atomic E-state index is 0.378. The maximum absolute atomic E-state index is 3.60. The first kappa shape index (κ1) is 12.6. The fourth-order valence-corrected chi connectivity index (χ4v) is 3.33. The van der Waals surface area contributed by atoms with Crippen molar-refractivity contribution in [2.24, 2.45) is 0 Å². The molecule has 2 rings (SSSR count). The van der Waals surface area contributed by atoms with Crippen LogP contribution < -0.4 is 5.32 Å². The second kappa shape index (κ2) is 4.81. The van der Waals surface area contributed by atoms with Gasteiger partial charge in [-0.1, -0.05) is 37.6 Å². The Balaban J connectivity index is 2.24. The van der Waals surface area contributed by atoms with Gasteiger partial charge in [0.2, 0.25) is 0 Å². The summed E-state index contributed by atoms with van der Waals surface area (Å²) >= 11 is 0. The maximum Gasteiger partial charge on any atom is 0.00756 e. The first-order chi connectivity index (χ1) is 8.05. The lowest BCUT2D eigenvalue weighted by Gasteiger charge is -2.27. The number of hydrogen-bond acceptors (Lipinski definition) is 1. The number of rotatable bonds is 3. The summed E-state index contributed by atoms with van der Waals surface area (Å²) < 4.78 is 0. The minimum Gasteiger partial charge on any atom is -0.314 e. The van der Waals surface area contributed by atoms with Gasteiger partial charge in [-0.05, 0) is 56.2 Å². The number of hydrogen-bond donors (Lipinski definition) is 1. The highest BCUT2D eigenvalue weighted by Crippen LogP contribution is 2.42. The van der Waals surface area contributed by atoms with Crippen LogP contribution in [0.5, 0.6) is 0 Å². The van der Waals surface area contributed by atoms with Crippen LogP contribution in [0.4, 0.5) is 0 Å². The molecule has 94 valence electrons. The Morgan fingerprint density at radius 2 is 2.12 bits per heavy atom. The van der Waals surface area contributed by atoms with Crippen LogP contribution in [0.1, 0.15) is 49.8 Å². The summed E-state index contributed by atoms with van der Waals surface area (Å²) in [4.78, 5) is 0. The normalized spacial score (nSPS) is 28.6. The Morgan fingerprint density at radius 1 is 1.35 bits per heavy atom. The van der Waals surface area contributed by atoms with Crippen LogP contribution in [0, 0.1) is 13.8 Å². The van der Waals surface area contributed by atoms with E-state index in [-0.39, 0.29) is 0 Å². The molecule has 1 heteroatoms. The first-order valence-corrected chi connectivity index (χ1v) is 6.86. The molecule has 1 saturated carbocycles. The van der Waals surface area contributed by atoms with Gasteiger partial charge in [-0.2, -0.15) is 0 Å². The van der Waals surface area contributed by atoms with Crippen LogP contribution in [0.2, 0.25) is 0 Å². The van der Waals surface area contributed by atoms with Crippen molar-refractivity contribution in [3.63, 3.8) is 0 Å². The lowest BCUT2D eigenvalue weighted by Crippen LogP contribution is -2.29. The molecule has 0 radical (unpaired) electrons. The predicted molar refractivity (Wildman–Crippen MR) is 74.6 cm³/mol. The highest BCUT2D eigenvalue weighted by molar-refractivity contribution is 5.37. The van der Waals surface area contributed by atoms with Crippen molar-refractivity contribution in [3.05, 3.63) is 34.9 Å². The van der Waals surface area contributed by atoms with Gasteiger partial charge in [0, 0.05) is 6.04 Å². The molecule has 1 aliphatic rings. The summed E-state index contributed by atoms with van der Waals surface area (Å²) in [6.07, 6.45) is 3.91. The summed E-state index contributed by atoms with van der Waals surface area (Å²) in [5.41, 5.74) is 4.79. The van der Waals surface area contributed by atoms with Gasteiger partial charge < -0.3 is 5.32 Å². The van der Waals surface area contributed by atoms with Crippen LogP contribution in [0.25, 0.3) is 0 Å². The van der Waals surface area contributed by atoms with Crippen molar-refractivity contribution in [1.82, 2.24) is 5.32 Å². The van der Waals surface area contributed by atoms with E-state index in [1.807, 2.05) is 0 Å². The Hall–Kier alpha value is -0.820. The van der Waals surface area contributed by atoms with E-state index < -0.39 is 0 Å².